The largest absolute Gasteiger partial charge is 0.333 e. The highest BCUT2D eigenvalue weighted by atomic mass is 32.2. The molecule has 1 aliphatic rings. The van der Waals surface area contributed by atoms with Gasteiger partial charge in [-0.05, 0) is 47.5 Å². The zero-order valence-corrected chi connectivity index (χ0v) is 17.2. The fourth-order valence-electron chi connectivity index (χ4n) is 3.69. The summed E-state index contributed by atoms with van der Waals surface area (Å²) in [4.78, 5) is 30.1. The number of likely N-dealkylation sites (N-methyl/N-ethyl adjacent to an activating group) is 1. The number of carbonyl (C=O) groups excluding carboxylic acids is 2. The first-order valence-electron chi connectivity index (χ1n) is 8.94. The summed E-state index contributed by atoms with van der Waals surface area (Å²) in [5, 5.41) is 5.05. The lowest BCUT2D eigenvalue weighted by Crippen LogP contribution is -2.43. The third-order valence-electron chi connectivity index (χ3n) is 5.03. The predicted molar refractivity (Wildman–Crippen MR) is 115 cm³/mol. The van der Waals surface area contributed by atoms with Crippen LogP contribution < -0.4 is 5.32 Å². The van der Waals surface area contributed by atoms with E-state index in [-0.39, 0.29) is 17.9 Å². The van der Waals surface area contributed by atoms with E-state index in [2.05, 4.69) is 5.32 Å². The lowest BCUT2D eigenvalue weighted by Gasteiger charge is -2.39. The normalized spacial score (nSPS) is 18.6. The minimum absolute atomic E-state index is 0.0533. The topological polar surface area (TPSA) is 49.4 Å². The summed E-state index contributed by atoms with van der Waals surface area (Å²) in [6, 6.07) is 18.8. The zero-order valence-electron chi connectivity index (χ0n) is 15.6. The van der Waals surface area contributed by atoms with Crippen molar-refractivity contribution in [2.24, 2.45) is 0 Å². The van der Waals surface area contributed by atoms with Crippen LogP contribution in [-0.4, -0.2) is 30.0 Å². The maximum absolute atomic E-state index is 13.4. The molecule has 0 radical (unpaired) electrons. The van der Waals surface area contributed by atoms with Gasteiger partial charge in [0.15, 0.2) is 0 Å². The van der Waals surface area contributed by atoms with Crippen molar-refractivity contribution in [3.63, 3.8) is 0 Å². The Morgan fingerprint density at radius 3 is 2.68 bits per heavy atom. The molecular formula is C22H20N2O2S2. The van der Waals surface area contributed by atoms with Crippen molar-refractivity contribution >= 4 is 40.6 Å². The summed E-state index contributed by atoms with van der Waals surface area (Å²) in [6.45, 7) is 0. The first-order chi connectivity index (χ1) is 13.6. The molecule has 0 bridgehead atoms. The van der Waals surface area contributed by atoms with Gasteiger partial charge in [0.05, 0.1) is 12.0 Å². The summed E-state index contributed by atoms with van der Waals surface area (Å²) in [5.41, 5.74) is 2.14. The first-order valence-corrected chi connectivity index (χ1v) is 11.0. The second-order valence-corrected chi connectivity index (χ2v) is 8.52. The van der Waals surface area contributed by atoms with E-state index in [4.69, 9.17) is 0 Å². The number of thioether (sulfide) groups is 1. The second-order valence-electron chi connectivity index (χ2n) is 6.66. The summed E-state index contributed by atoms with van der Waals surface area (Å²) in [6.07, 6.45) is 2.01. The van der Waals surface area contributed by atoms with Crippen LogP contribution in [-0.2, 0) is 4.79 Å². The van der Waals surface area contributed by atoms with E-state index in [1.807, 2.05) is 66.2 Å². The van der Waals surface area contributed by atoms with Gasteiger partial charge in [0.1, 0.15) is 0 Å². The van der Waals surface area contributed by atoms with Crippen molar-refractivity contribution in [2.45, 2.75) is 16.9 Å². The number of rotatable bonds is 4. The van der Waals surface area contributed by atoms with Crippen molar-refractivity contribution in [3.05, 3.63) is 82.0 Å². The summed E-state index contributed by atoms with van der Waals surface area (Å²) in [5.74, 6) is -0.638. The van der Waals surface area contributed by atoms with Gasteiger partial charge in [0.2, 0.25) is 5.91 Å². The Balaban J connectivity index is 1.77. The molecule has 2 atom stereocenters. The number of benzene rings is 2. The minimum Gasteiger partial charge on any atom is -0.333 e. The van der Waals surface area contributed by atoms with Crippen LogP contribution in [0.5, 0.6) is 0 Å². The molecule has 1 aromatic heterocycles. The van der Waals surface area contributed by atoms with Gasteiger partial charge in [-0.1, -0.05) is 30.3 Å². The molecule has 0 aliphatic carbocycles. The number of nitrogens with one attached hydrogen (secondary N) is 1. The molecule has 1 N–H and O–H groups in total. The molecule has 2 aromatic carbocycles. The number of amides is 2. The van der Waals surface area contributed by atoms with E-state index in [0.717, 1.165) is 21.0 Å². The van der Waals surface area contributed by atoms with Crippen molar-refractivity contribution in [1.29, 1.82) is 0 Å². The third kappa shape index (κ3) is 3.34. The fourth-order valence-corrected chi connectivity index (χ4v) is 5.06. The minimum atomic E-state index is -0.476. The molecule has 0 fully saturated rings. The molecule has 0 unspecified atom stereocenters. The molecule has 6 heteroatoms. The van der Waals surface area contributed by atoms with Gasteiger partial charge in [-0.2, -0.15) is 0 Å². The predicted octanol–water partition coefficient (Wildman–Crippen LogP) is 5.02. The van der Waals surface area contributed by atoms with Crippen LogP contribution in [0.2, 0.25) is 0 Å². The molecular weight excluding hydrogens is 388 g/mol. The molecule has 0 saturated heterocycles. The molecule has 0 spiro atoms. The molecule has 2 heterocycles. The van der Waals surface area contributed by atoms with Crippen LogP contribution in [0.4, 0.5) is 5.69 Å². The maximum atomic E-state index is 13.4. The Morgan fingerprint density at radius 1 is 1.11 bits per heavy atom. The van der Waals surface area contributed by atoms with Crippen LogP contribution in [0.3, 0.4) is 0 Å². The van der Waals surface area contributed by atoms with E-state index in [1.165, 1.54) is 0 Å². The Kier molecular flexibility index (Phi) is 5.24. The number of hydrogen-bond donors (Lipinski definition) is 1. The lowest BCUT2D eigenvalue weighted by atomic mass is 9.81. The van der Waals surface area contributed by atoms with Gasteiger partial charge in [0, 0.05) is 28.1 Å². The van der Waals surface area contributed by atoms with Gasteiger partial charge >= 0.3 is 0 Å². The fraction of sp³-hybridized carbons (Fsp3) is 0.182. The number of anilines is 1. The number of carbonyl (C=O) groups is 2. The van der Waals surface area contributed by atoms with E-state index < -0.39 is 5.92 Å². The zero-order chi connectivity index (χ0) is 19.7. The number of nitrogens with zero attached hydrogens (tertiary/aromatic N) is 1. The van der Waals surface area contributed by atoms with Gasteiger partial charge in [0.25, 0.3) is 5.91 Å². The second kappa shape index (κ2) is 7.81. The molecule has 4 rings (SSSR count). The van der Waals surface area contributed by atoms with Crippen LogP contribution in [0.15, 0.2) is 70.9 Å². The summed E-state index contributed by atoms with van der Waals surface area (Å²) in [7, 11) is 1.78. The number of hydrogen-bond acceptors (Lipinski definition) is 4. The highest BCUT2D eigenvalue weighted by Gasteiger charge is 2.43. The van der Waals surface area contributed by atoms with Crippen molar-refractivity contribution < 1.29 is 9.59 Å². The first kappa shape index (κ1) is 18.8. The van der Waals surface area contributed by atoms with E-state index in [9.17, 15) is 9.59 Å². The summed E-state index contributed by atoms with van der Waals surface area (Å²) >= 11 is 3.20. The van der Waals surface area contributed by atoms with Crippen LogP contribution >= 0.6 is 23.1 Å². The Bertz CT molecular complexity index is 1020. The lowest BCUT2D eigenvalue weighted by molar-refractivity contribution is -0.119. The van der Waals surface area contributed by atoms with Crippen molar-refractivity contribution in [1.82, 2.24) is 4.90 Å². The van der Waals surface area contributed by atoms with Crippen LogP contribution in [0.1, 0.15) is 32.8 Å². The van der Waals surface area contributed by atoms with Crippen LogP contribution in [0, 0.1) is 0 Å². The molecule has 3 aromatic rings. The average molecular weight is 409 g/mol. The molecule has 2 amide bonds. The van der Waals surface area contributed by atoms with Crippen molar-refractivity contribution in [3.8, 4) is 0 Å². The van der Waals surface area contributed by atoms with Gasteiger partial charge in [-0.15, -0.1) is 23.1 Å². The molecule has 4 nitrogen and oxygen atoms in total. The average Bonchev–Trinajstić information content (AvgIpc) is 3.25. The Labute approximate surface area is 172 Å². The summed E-state index contributed by atoms with van der Waals surface area (Å²) < 4.78 is 0. The highest BCUT2D eigenvalue weighted by Crippen LogP contribution is 2.43. The smallest absolute Gasteiger partial charge is 0.254 e. The molecule has 142 valence electrons. The maximum Gasteiger partial charge on any atom is 0.254 e. The van der Waals surface area contributed by atoms with Crippen molar-refractivity contribution in [2.75, 3.05) is 18.6 Å². The highest BCUT2D eigenvalue weighted by molar-refractivity contribution is 7.98. The monoisotopic (exact) mass is 408 g/mol. The molecule has 0 saturated carbocycles. The quantitative estimate of drug-likeness (QED) is 0.617. The molecule has 28 heavy (non-hydrogen) atoms. The van der Waals surface area contributed by atoms with Gasteiger partial charge in [-0.25, -0.2) is 0 Å². The molecule has 1 aliphatic heterocycles. The van der Waals surface area contributed by atoms with Crippen LogP contribution in [0.25, 0.3) is 0 Å². The SMILES string of the molecule is CSc1cccc(NC(=O)[C@H]2c3ccccc3C(=O)N(C)[C@H]2c2cccs2)c1. The Hall–Kier alpha value is -2.57. The standard InChI is InChI=1S/C22H20N2O2S2/c1-24-20(18-11-6-12-28-18)19(16-9-3-4-10-17(16)22(24)26)21(25)23-14-7-5-8-15(13-14)27-2/h3-13,19-20H,1-2H3,(H,23,25)/t19-,20-/m0/s1. The third-order valence-corrected chi connectivity index (χ3v) is 6.70. The van der Waals surface area contributed by atoms with E-state index >= 15 is 0 Å². The van der Waals surface area contributed by atoms with Gasteiger partial charge < -0.3 is 10.2 Å². The number of fused-ring (bicyclic) bond motifs is 1. The van der Waals surface area contributed by atoms with E-state index in [0.29, 0.717) is 5.56 Å². The number of thiophene rings is 1. The van der Waals surface area contributed by atoms with E-state index in [1.54, 1.807) is 41.1 Å². The van der Waals surface area contributed by atoms with Gasteiger partial charge in [-0.3, -0.25) is 9.59 Å². The Morgan fingerprint density at radius 2 is 1.93 bits per heavy atom.